The summed E-state index contributed by atoms with van der Waals surface area (Å²) in [6.07, 6.45) is 9.18. The molecule has 3 aromatic rings. The minimum atomic E-state index is 0.534. The molecule has 0 spiro atoms. The van der Waals surface area contributed by atoms with E-state index in [1.807, 2.05) is 6.33 Å². The minimum Gasteiger partial charge on any atom is -0.350 e. The Morgan fingerprint density at radius 3 is 2.77 bits per heavy atom. The smallest absolute Gasteiger partial charge is 0.0953 e. The van der Waals surface area contributed by atoms with Crippen LogP contribution in [0.15, 0.2) is 36.9 Å². The maximum atomic E-state index is 4.61. The average Bonchev–Trinajstić information content (AvgIpc) is 3.07. The quantitative estimate of drug-likeness (QED) is 0.690. The van der Waals surface area contributed by atoms with Gasteiger partial charge in [0.05, 0.1) is 12.0 Å². The van der Waals surface area contributed by atoms with Crippen LogP contribution in [0.5, 0.6) is 0 Å². The minimum absolute atomic E-state index is 0.534. The lowest BCUT2D eigenvalue weighted by molar-refractivity contribution is 0.626. The Kier molecular flexibility index (Phi) is 3.10. The zero-order valence-electron chi connectivity index (χ0n) is 13.6. The number of aryl methyl sites for hydroxylation is 1. The topological polar surface area (TPSA) is 22.8 Å². The summed E-state index contributed by atoms with van der Waals surface area (Å²) < 4.78 is 4.46. The van der Waals surface area contributed by atoms with Gasteiger partial charge in [0.2, 0.25) is 0 Å². The van der Waals surface area contributed by atoms with Crippen LogP contribution in [-0.4, -0.2) is 14.1 Å². The van der Waals surface area contributed by atoms with E-state index < -0.39 is 0 Å². The summed E-state index contributed by atoms with van der Waals surface area (Å²) >= 11 is 0. The van der Waals surface area contributed by atoms with Crippen LogP contribution in [0.2, 0.25) is 0 Å². The Labute approximate surface area is 131 Å². The fourth-order valence-corrected chi connectivity index (χ4v) is 3.25. The van der Waals surface area contributed by atoms with Crippen molar-refractivity contribution in [1.29, 1.82) is 0 Å². The first-order valence-electron chi connectivity index (χ1n) is 8.23. The van der Waals surface area contributed by atoms with Crippen LogP contribution in [-0.2, 0) is 13.6 Å². The lowest BCUT2D eigenvalue weighted by atomic mass is 10.0. The van der Waals surface area contributed by atoms with Gasteiger partial charge < -0.3 is 9.13 Å². The van der Waals surface area contributed by atoms with Crippen molar-refractivity contribution in [2.24, 2.45) is 13.0 Å². The van der Waals surface area contributed by atoms with E-state index in [-0.39, 0.29) is 0 Å². The van der Waals surface area contributed by atoms with E-state index in [1.54, 1.807) is 0 Å². The molecule has 3 heteroatoms. The van der Waals surface area contributed by atoms with Gasteiger partial charge in [-0.1, -0.05) is 19.9 Å². The number of rotatable bonds is 4. The van der Waals surface area contributed by atoms with Crippen molar-refractivity contribution < 1.29 is 0 Å². The van der Waals surface area contributed by atoms with E-state index in [4.69, 9.17) is 0 Å². The molecule has 0 unspecified atom stereocenters. The predicted octanol–water partition coefficient (Wildman–Crippen LogP) is 4.58. The molecule has 0 radical (unpaired) electrons. The molecule has 3 nitrogen and oxygen atoms in total. The fourth-order valence-electron chi connectivity index (χ4n) is 3.25. The van der Waals surface area contributed by atoms with Gasteiger partial charge in [-0.05, 0) is 42.4 Å². The number of hydrogen-bond donors (Lipinski definition) is 0. The molecule has 0 saturated heterocycles. The highest BCUT2D eigenvalue weighted by atomic mass is 15.0. The van der Waals surface area contributed by atoms with Crippen LogP contribution in [0.4, 0.5) is 0 Å². The van der Waals surface area contributed by atoms with Gasteiger partial charge in [-0.15, -0.1) is 0 Å². The number of benzene rings is 1. The molecular weight excluding hydrogens is 270 g/mol. The van der Waals surface area contributed by atoms with Gasteiger partial charge in [0, 0.05) is 42.5 Å². The summed E-state index contributed by atoms with van der Waals surface area (Å²) in [5, 5.41) is 1.35. The first-order valence-corrected chi connectivity index (χ1v) is 8.23. The molecular formula is C19H23N3. The summed E-state index contributed by atoms with van der Waals surface area (Å²) in [6, 6.07) is 6.71. The van der Waals surface area contributed by atoms with Crippen molar-refractivity contribution in [3.05, 3.63) is 42.5 Å². The predicted molar refractivity (Wildman–Crippen MR) is 91.0 cm³/mol. The second kappa shape index (κ2) is 5.01. The zero-order chi connectivity index (χ0) is 15.3. The molecule has 0 atom stereocenters. The van der Waals surface area contributed by atoms with Gasteiger partial charge >= 0.3 is 0 Å². The van der Waals surface area contributed by atoms with Crippen LogP contribution in [0.3, 0.4) is 0 Å². The largest absolute Gasteiger partial charge is 0.350 e. The van der Waals surface area contributed by atoms with Gasteiger partial charge in [-0.3, -0.25) is 0 Å². The van der Waals surface area contributed by atoms with Crippen molar-refractivity contribution in [3.8, 4) is 11.3 Å². The Hall–Kier alpha value is -2.03. The average molecular weight is 293 g/mol. The number of imidazole rings is 1. The van der Waals surface area contributed by atoms with Crippen LogP contribution in [0.25, 0.3) is 22.2 Å². The SMILES string of the molecule is CC(C)c1cn(C)c2ccc(-c3cn(CC4CC4)cn3)cc12. The third kappa shape index (κ3) is 2.35. The summed E-state index contributed by atoms with van der Waals surface area (Å²) in [4.78, 5) is 4.61. The molecule has 1 aromatic carbocycles. The van der Waals surface area contributed by atoms with E-state index in [1.165, 1.54) is 34.9 Å². The summed E-state index contributed by atoms with van der Waals surface area (Å²) in [5.74, 6) is 1.41. The molecule has 1 aliphatic rings. The molecule has 2 heterocycles. The number of hydrogen-bond acceptors (Lipinski definition) is 1. The maximum Gasteiger partial charge on any atom is 0.0953 e. The summed E-state index contributed by atoms with van der Waals surface area (Å²) in [7, 11) is 2.12. The fraction of sp³-hybridized carbons (Fsp3) is 0.421. The van der Waals surface area contributed by atoms with E-state index in [0.717, 1.165) is 18.2 Å². The number of aromatic nitrogens is 3. The number of nitrogens with zero attached hydrogens (tertiary/aromatic N) is 3. The second-order valence-corrected chi connectivity index (χ2v) is 6.98. The third-order valence-electron chi connectivity index (χ3n) is 4.74. The Morgan fingerprint density at radius 1 is 1.23 bits per heavy atom. The van der Waals surface area contributed by atoms with Gasteiger partial charge in [0.15, 0.2) is 0 Å². The Morgan fingerprint density at radius 2 is 2.05 bits per heavy atom. The molecule has 114 valence electrons. The van der Waals surface area contributed by atoms with Crippen molar-refractivity contribution in [2.75, 3.05) is 0 Å². The van der Waals surface area contributed by atoms with Gasteiger partial charge in [-0.2, -0.15) is 0 Å². The molecule has 1 aliphatic carbocycles. The van der Waals surface area contributed by atoms with E-state index in [0.29, 0.717) is 5.92 Å². The highest BCUT2D eigenvalue weighted by Crippen LogP contribution is 2.32. The first-order chi connectivity index (χ1) is 10.6. The lowest BCUT2D eigenvalue weighted by Gasteiger charge is -2.04. The Bertz CT molecular complexity index is 818. The molecule has 0 amide bonds. The second-order valence-electron chi connectivity index (χ2n) is 6.98. The normalized spacial score (nSPS) is 15.1. The molecule has 2 aromatic heterocycles. The van der Waals surface area contributed by atoms with E-state index in [9.17, 15) is 0 Å². The summed E-state index contributed by atoms with van der Waals surface area (Å²) in [6.45, 7) is 5.63. The van der Waals surface area contributed by atoms with Gasteiger partial charge in [-0.25, -0.2) is 4.98 Å². The lowest BCUT2D eigenvalue weighted by Crippen LogP contribution is -1.95. The van der Waals surface area contributed by atoms with E-state index in [2.05, 4.69) is 65.6 Å². The molecule has 1 fully saturated rings. The molecule has 0 aliphatic heterocycles. The molecule has 0 N–H and O–H groups in total. The number of fused-ring (bicyclic) bond motifs is 1. The van der Waals surface area contributed by atoms with Crippen molar-refractivity contribution in [2.45, 2.75) is 39.2 Å². The molecule has 0 bridgehead atoms. The standard InChI is InChI=1S/C19H23N3/c1-13(2)17-10-21(3)19-7-6-15(8-16(17)19)18-11-22(12-20-18)9-14-4-5-14/h6-8,10-14H,4-5,9H2,1-3H3. The molecule has 4 rings (SSSR count). The van der Waals surface area contributed by atoms with Crippen molar-refractivity contribution in [3.63, 3.8) is 0 Å². The van der Waals surface area contributed by atoms with Gasteiger partial charge in [0.25, 0.3) is 0 Å². The third-order valence-corrected chi connectivity index (χ3v) is 4.74. The Balaban J connectivity index is 1.74. The molecule has 22 heavy (non-hydrogen) atoms. The van der Waals surface area contributed by atoms with Crippen molar-refractivity contribution in [1.82, 2.24) is 14.1 Å². The highest BCUT2D eigenvalue weighted by Gasteiger charge is 2.21. The summed E-state index contributed by atoms with van der Waals surface area (Å²) in [5.41, 5.74) is 5.01. The van der Waals surface area contributed by atoms with Crippen LogP contribution < -0.4 is 0 Å². The van der Waals surface area contributed by atoms with Crippen LogP contribution in [0.1, 0.15) is 38.2 Å². The monoisotopic (exact) mass is 293 g/mol. The van der Waals surface area contributed by atoms with Crippen molar-refractivity contribution >= 4 is 10.9 Å². The maximum absolute atomic E-state index is 4.61. The zero-order valence-corrected chi connectivity index (χ0v) is 13.6. The highest BCUT2D eigenvalue weighted by molar-refractivity contribution is 5.88. The van der Waals surface area contributed by atoms with Gasteiger partial charge in [0.1, 0.15) is 0 Å². The van der Waals surface area contributed by atoms with E-state index >= 15 is 0 Å². The van der Waals surface area contributed by atoms with Crippen LogP contribution in [0, 0.1) is 5.92 Å². The van der Waals surface area contributed by atoms with Crippen LogP contribution >= 0.6 is 0 Å². The molecule has 1 saturated carbocycles. The first kappa shape index (κ1) is 13.6.